The molecule has 10 heteroatoms. The van der Waals surface area contributed by atoms with Crippen LogP contribution in [0.4, 0.5) is 5.69 Å². The summed E-state index contributed by atoms with van der Waals surface area (Å²) in [6.45, 7) is -0.0588. The number of primary sulfonamides is 1. The summed E-state index contributed by atoms with van der Waals surface area (Å²) >= 11 is 0. The summed E-state index contributed by atoms with van der Waals surface area (Å²) in [5, 5.41) is 4.82. The molecule has 0 atom stereocenters. The molecule has 0 spiro atoms. The van der Waals surface area contributed by atoms with Crippen LogP contribution in [-0.4, -0.2) is 36.2 Å². The van der Waals surface area contributed by atoms with E-state index in [9.17, 15) is 16.8 Å². The fourth-order valence-corrected chi connectivity index (χ4v) is 3.28. The lowest BCUT2D eigenvalue weighted by molar-refractivity contribution is 0.402. The van der Waals surface area contributed by atoms with Crippen molar-refractivity contribution in [3.05, 3.63) is 18.2 Å². The Hall–Kier alpha value is -1.36. The first-order chi connectivity index (χ1) is 9.15. The smallest absolute Gasteiger partial charge is 0.244 e. The van der Waals surface area contributed by atoms with Gasteiger partial charge >= 0.3 is 0 Å². The van der Waals surface area contributed by atoms with E-state index in [0.717, 1.165) is 0 Å². The van der Waals surface area contributed by atoms with Crippen molar-refractivity contribution in [1.29, 1.82) is 0 Å². The first-order valence-corrected chi connectivity index (χ1v) is 8.79. The van der Waals surface area contributed by atoms with E-state index in [4.69, 9.17) is 15.6 Å². The molecule has 8 nitrogen and oxygen atoms in total. The van der Waals surface area contributed by atoms with Gasteiger partial charge in [0.05, 0.1) is 12.9 Å². The number of hydrogen-bond acceptors (Lipinski definition) is 6. The fraction of sp³-hybridized carbons (Fsp3) is 0.400. The van der Waals surface area contributed by atoms with E-state index < -0.39 is 20.0 Å². The predicted octanol–water partition coefficient (Wildman–Crippen LogP) is -0.766. The van der Waals surface area contributed by atoms with Crippen LogP contribution in [0.5, 0.6) is 5.75 Å². The Labute approximate surface area is 118 Å². The molecule has 0 saturated heterocycles. The van der Waals surface area contributed by atoms with Crippen LogP contribution in [0.3, 0.4) is 0 Å². The standard InChI is InChI=1S/C10H17N3O5S2/c1-18-9-4-3-8(11)7-10(9)20(16,17)13-5-2-6-19(12,14)15/h3-4,7,13H,2,5-6,11H2,1H3,(H2,12,14,15). The number of nitrogen functional groups attached to an aromatic ring is 1. The number of nitrogens with two attached hydrogens (primary N) is 2. The molecule has 0 aromatic heterocycles. The molecule has 114 valence electrons. The van der Waals surface area contributed by atoms with Crippen LogP contribution >= 0.6 is 0 Å². The quantitative estimate of drug-likeness (QED) is 0.444. The van der Waals surface area contributed by atoms with Crippen LogP contribution in [-0.2, 0) is 20.0 Å². The van der Waals surface area contributed by atoms with E-state index in [-0.39, 0.29) is 35.1 Å². The second-order valence-electron chi connectivity index (χ2n) is 4.03. The minimum Gasteiger partial charge on any atom is -0.495 e. The minimum atomic E-state index is -3.83. The van der Waals surface area contributed by atoms with E-state index >= 15 is 0 Å². The first kappa shape index (κ1) is 16.7. The number of ether oxygens (including phenoxy) is 1. The van der Waals surface area contributed by atoms with Gasteiger partial charge in [0.1, 0.15) is 10.6 Å². The van der Waals surface area contributed by atoms with Crippen molar-refractivity contribution in [2.45, 2.75) is 11.3 Å². The lowest BCUT2D eigenvalue weighted by Gasteiger charge is -2.11. The van der Waals surface area contributed by atoms with Crippen LogP contribution in [0.15, 0.2) is 23.1 Å². The maximum absolute atomic E-state index is 12.1. The molecular formula is C10H17N3O5S2. The summed E-state index contributed by atoms with van der Waals surface area (Å²) in [7, 11) is -6.10. The molecule has 0 amide bonds. The van der Waals surface area contributed by atoms with Crippen molar-refractivity contribution in [3.8, 4) is 5.75 Å². The zero-order chi connectivity index (χ0) is 15.4. The van der Waals surface area contributed by atoms with Gasteiger partial charge in [0.2, 0.25) is 20.0 Å². The molecule has 5 N–H and O–H groups in total. The molecule has 0 heterocycles. The van der Waals surface area contributed by atoms with Gasteiger partial charge in [-0.05, 0) is 24.6 Å². The Balaban J connectivity index is 2.81. The van der Waals surface area contributed by atoms with Gasteiger partial charge in [0.15, 0.2) is 0 Å². The summed E-state index contributed by atoms with van der Waals surface area (Å²) in [6.07, 6.45) is 0.0721. The zero-order valence-corrected chi connectivity index (χ0v) is 12.5. The maximum atomic E-state index is 12.1. The summed E-state index contributed by atoms with van der Waals surface area (Å²) in [4.78, 5) is -0.101. The molecule has 0 radical (unpaired) electrons. The third kappa shape index (κ3) is 4.96. The van der Waals surface area contributed by atoms with Crippen LogP contribution in [0.25, 0.3) is 0 Å². The number of benzene rings is 1. The average molecular weight is 323 g/mol. The Morgan fingerprint density at radius 2 is 1.90 bits per heavy atom. The lowest BCUT2D eigenvalue weighted by Crippen LogP contribution is -2.27. The molecule has 0 saturated carbocycles. The largest absolute Gasteiger partial charge is 0.495 e. The SMILES string of the molecule is COc1ccc(N)cc1S(=O)(=O)NCCCS(N)(=O)=O. The van der Waals surface area contributed by atoms with Gasteiger partial charge in [-0.25, -0.2) is 26.7 Å². The van der Waals surface area contributed by atoms with Crippen molar-refractivity contribution in [3.63, 3.8) is 0 Å². The Bertz CT molecular complexity index is 670. The molecule has 0 aliphatic rings. The lowest BCUT2D eigenvalue weighted by atomic mass is 10.3. The van der Waals surface area contributed by atoms with Gasteiger partial charge in [0.25, 0.3) is 0 Å². The highest BCUT2D eigenvalue weighted by Crippen LogP contribution is 2.25. The van der Waals surface area contributed by atoms with E-state index in [1.54, 1.807) is 0 Å². The number of anilines is 1. The van der Waals surface area contributed by atoms with Crippen molar-refractivity contribution in [2.24, 2.45) is 5.14 Å². The van der Waals surface area contributed by atoms with Crippen LogP contribution < -0.4 is 20.3 Å². The van der Waals surface area contributed by atoms with Gasteiger partial charge in [-0.1, -0.05) is 0 Å². The van der Waals surface area contributed by atoms with E-state index in [1.165, 1.54) is 25.3 Å². The zero-order valence-electron chi connectivity index (χ0n) is 10.9. The van der Waals surface area contributed by atoms with E-state index in [1.807, 2.05) is 0 Å². The molecule has 0 aliphatic carbocycles. The van der Waals surface area contributed by atoms with E-state index in [0.29, 0.717) is 0 Å². The van der Waals surface area contributed by atoms with Crippen LogP contribution in [0, 0.1) is 0 Å². The number of hydrogen-bond donors (Lipinski definition) is 3. The van der Waals surface area contributed by atoms with Gasteiger partial charge in [-0.3, -0.25) is 0 Å². The van der Waals surface area contributed by atoms with E-state index in [2.05, 4.69) is 4.72 Å². The molecule has 1 aromatic carbocycles. The normalized spacial score (nSPS) is 12.3. The summed E-state index contributed by atoms with van der Waals surface area (Å²) < 4.78 is 52.8. The third-order valence-electron chi connectivity index (χ3n) is 2.37. The summed E-state index contributed by atoms with van der Waals surface area (Å²) in [5.41, 5.74) is 5.82. The highest BCUT2D eigenvalue weighted by molar-refractivity contribution is 7.89. The Morgan fingerprint density at radius 1 is 1.25 bits per heavy atom. The highest BCUT2D eigenvalue weighted by Gasteiger charge is 2.19. The van der Waals surface area contributed by atoms with Crippen molar-refractivity contribution in [1.82, 2.24) is 4.72 Å². The monoisotopic (exact) mass is 323 g/mol. The molecule has 0 unspecified atom stereocenters. The van der Waals surface area contributed by atoms with Gasteiger partial charge in [0, 0.05) is 12.2 Å². The maximum Gasteiger partial charge on any atom is 0.244 e. The minimum absolute atomic E-state index is 0.0588. The second-order valence-corrected chi connectivity index (χ2v) is 7.50. The molecule has 0 bridgehead atoms. The average Bonchev–Trinajstić information content (AvgIpc) is 2.33. The first-order valence-electron chi connectivity index (χ1n) is 5.59. The van der Waals surface area contributed by atoms with Crippen molar-refractivity contribution >= 4 is 25.7 Å². The van der Waals surface area contributed by atoms with Gasteiger partial charge < -0.3 is 10.5 Å². The number of methoxy groups -OCH3 is 1. The molecule has 0 aliphatic heterocycles. The van der Waals surface area contributed by atoms with Crippen molar-refractivity contribution in [2.75, 3.05) is 25.1 Å². The molecule has 1 aromatic rings. The third-order valence-corrected chi connectivity index (χ3v) is 4.71. The number of sulfonamides is 2. The molecule has 0 fully saturated rings. The highest BCUT2D eigenvalue weighted by atomic mass is 32.2. The van der Waals surface area contributed by atoms with Crippen molar-refractivity contribution < 1.29 is 21.6 Å². The number of rotatable bonds is 7. The van der Waals surface area contributed by atoms with Gasteiger partial charge in [-0.15, -0.1) is 0 Å². The molecule has 20 heavy (non-hydrogen) atoms. The topological polar surface area (TPSA) is 142 Å². The molecule has 1 rings (SSSR count). The summed E-state index contributed by atoms with van der Waals surface area (Å²) in [6, 6.07) is 4.22. The van der Waals surface area contributed by atoms with Crippen LogP contribution in [0.1, 0.15) is 6.42 Å². The Morgan fingerprint density at radius 3 is 2.45 bits per heavy atom. The molecular weight excluding hydrogens is 306 g/mol. The second kappa shape index (κ2) is 6.39. The number of nitrogens with one attached hydrogen (secondary N) is 1. The van der Waals surface area contributed by atoms with Crippen LogP contribution in [0.2, 0.25) is 0 Å². The van der Waals surface area contributed by atoms with Gasteiger partial charge in [-0.2, -0.15) is 0 Å². The fourth-order valence-electron chi connectivity index (χ4n) is 1.46. The predicted molar refractivity (Wildman–Crippen MR) is 75.2 cm³/mol. The summed E-state index contributed by atoms with van der Waals surface area (Å²) in [5.74, 6) is -0.151. The Kier molecular flexibility index (Phi) is 5.34.